The van der Waals surface area contributed by atoms with Crippen LogP contribution in [0.4, 0.5) is 13.2 Å². The molecule has 13 heteroatoms. The fourth-order valence-corrected chi connectivity index (χ4v) is 5.30. The molecular formula is C23H37F3N4O5S. The lowest BCUT2D eigenvalue weighted by atomic mass is 10.2. The predicted octanol–water partition coefficient (Wildman–Crippen LogP) is 2.09. The van der Waals surface area contributed by atoms with Crippen LogP contribution in [0, 0.1) is 13.8 Å². The maximum Gasteiger partial charge on any atom is 0.490 e. The van der Waals surface area contributed by atoms with Gasteiger partial charge in [-0.25, -0.2) is 13.2 Å². The number of benzene rings is 1. The number of halogens is 3. The van der Waals surface area contributed by atoms with Gasteiger partial charge >= 0.3 is 12.1 Å². The van der Waals surface area contributed by atoms with Gasteiger partial charge in [0.1, 0.15) is 0 Å². The van der Waals surface area contributed by atoms with E-state index in [1.165, 1.54) is 4.31 Å². The number of hydrogen-bond acceptors (Lipinski definition) is 6. The standard InChI is InChI=1S/C21H36N4O3S.C2HF3O2/c1-5-23(6-2)15-16-25(12-9-21(26)24-13-10-22-11-14-24)29(27,28)20-17-18(3)7-8-19(20)4;3-2(4,5)1(6)7/h7-8,17,22H,5-6,9-16H2,1-4H3;(H,6,7). The van der Waals surface area contributed by atoms with Gasteiger partial charge in [0, 0.05) is 52.2 Å². The molecule has 2 N–H and O–H groups in total. The number of nitrogens with one attached hydrogen (secondary N) is 1. The van der Waals surface area contributed by atoms with Crippen LogP contribution >= 0.6 is 0 Å². The summed E-state index contributed by atoms with van der Waals surface area (Å²) in [4.78, 5) is 25.9. The summed E-state index contributed by atoms with van der Waals surface area (Å²) in [6.45, 7) is 13.8. The SMILES string of the molecule is CCN(CC)CCN(CCC(=O)N1CCNCC1)S(=O)(=O)c1cc(C)ccc1C.O=C(O)C(F)(F)F. The van der Waals surface area contributed by atoms with Crippen LogP contribution in [-0.4, -0.2) is 105 Å². The van der Waals surface area contributed by atoms with Gasteiger partial charge < -0.3 is 20.2 Å². The molecule has 9 nitrogen and oxygen atoms in total. The zero-order chi connectivity index (χ0) is 27.5. The van der Waals surface area contributed by atoms with E-state index in [9.17, 15) is 26.4 Å². The molecule has 0 aromatic heterocycles. The first-order chi connectivity index (χ1) is 16.7. The Balaban J connectivity index is 0.000000809. The fraction of sp³-hybridized carbons (Fsp3) is 0.652. The molecule has 1 saturated heterocycles. The number of alkyl halides is 3. The molecule has 0 unspecified atom stereocenters. The Bertz CT molecular complexity index is 963. The number of nitrogens with zero attached hydrogens (tertiary/aromatic N) is 3. The summed E-state index contributed by atoms with van der Waals surface area (Å²) in [5.74, 6) is -2.73. The third kappa shape index (κ3) is 10.0. The molecule has 0 radical (unpaired) electrons. The van der Waals surface area contributed by atoms with E-state index in [0.717, 1.165) is 37.3 Å². The molecule has 0 bridgehead atoms. The number of carbonyl (C=O) groups excluding carboxylic acids is 1. The van der Waals surface area contributed by atoms with E-state index in [1.807, 2.05) is 30.9 Å². The van der Waals surface area contributed by atoms with Crippen molar-refractivity contribution in [1.29, 1.82) is 0 Å². The van der Waals surface area contributed by atoms with Gasteiger partial charge in [-0.2, -0.15) is 17.5 Å². The molecule has 0 saturated carbocycles. The molecule has 2 rings (SSSR count). The highest BCUT2D eigenvalue weighted by molar-refractivity contribution is 7.89. The van der Waals surface area contributed by atoms with Gasteiger partial charge in [0.15, 0.2) is 0 Å². The van der Waals surface area contributed by atoms with E-state index in [1.54, 1.807) is 6.07 Å². The predicted molar refractivity (Wildman–Crippen MR) is 130 cm³/mol. The zero-order valence-electron chi connectivity index (χ0n) is 21.3. The Morgan fingerprint density at radius 3 is 2.11 bits per heavy atom. The molecule has 1 aliphatic heterocycles. The second kappa shape index (κ2) is 14.5. The summed E-state index contributed by atoms with van der Waals surface area (Å²) in [7, 11) is -3.67. The first-order valence-corrected chi connectivity index (χ1v) is 13.3. The maximum absolute atomic E-state index is 13.5. The van der Waals surface area contributed by atoms with Crippen molar-refractivity contribution in [3.05, 3.63) is 29.3 Å². The number of amides is 1. The number of carboxylic acid groups (broad SMARTS) is 1. The number of piperazine rings is 1. The minimum atomic E-state index is -5.08. The average Bonchev–Trinajstić information content (AvgIpc) is 2.82. The maximum atomic E-state index is 13.5. The van der Waals surface area contributed by atoms with Crippen LogP contribution in [0.2, 0.25) is 0 Å². The van der Waals surface area contributed by atoms with Crippen molar-refractivity contribution in [2.45, 2.75) is 45.2 Å². The van der Waals surface area contributed by atoms with E-state index in [-0.39, 0.29) is 18.9 Å². The summed E-state index contributed by atoms with van der Waals surface area (Å²) in [5, 5.41) is 10.4. The third-order valence-corrected chi connectivity index (χ3v) is 7.85. The van der Waals surface area contributed by atoms with Gasteiger partial charge in [-0.05, 0) is 44.1 Å². The highest BCUT2D eigenvalue weighted by Crippen LogP contribution is 2.22. The topological polar surface area (TPSA) is 110 Å². The zero-order valence-corrected chi connectivity index (χ0v) is 22.1. The Labute approximate surface area is 211 Å². The summed E-state index contributed by atoms with van der Waals surface area (Å²) in [5.41, 5.74) is 1.65. The molecule has 1 fully saturated rings. The number of rotatable bonds is 10. The molecular weight excluding hydrogens is 501 g/mol. The van der Waals surface area contributed by atoms with Gasteiger partial charge in [-0.15, -0.1) is 0 Å². The van der Waals surface area contributed by atoms with Crippen molar-refractivity contribution in [3.63, 3.8) is 0 Å². The van der Waals surface area contributed by atoms with Crippen LogP contribution in [0.1, 0.15) is 31.4 Å². The third-order valence-electron chi connectivity index (χ3n) is 5.81. The van der Waals surface area contributed by atoms with Crippen molar-refractivity contribution in [2.75, 3.05) is 58.9 Å². The number of carbonyl (C=O) groups is 2. The molecule has 1 aromatic rings. The Hall–Kier alpha value is -2.22. The average molecular weight is 539 g/mol. The molecule has 1 amide bonds. The lowest BCUT2D eigenvalue weighted by molar-refractivity contribution is -0.192. The van der Waals surface area contributed by atoms with Crippen molar-refractivity contribution >= 4 is 21.9 Å². The van der Waals surface area contributed by atoms with Crippen LogP contribution in [-0.2, 0) is 19.6 Å². The van der Waals surface area contributed by atoms with E-state index >= 15 is 0 Å². The van der Waals surface area contributed by atoms with Crippen LogP contribution in [0.5, 0.6) is 0 Å². The smallest absolute Gasteiger partial charge is 0.475 e. The second-order valence-electron chi connectivity index (χ2n) is 8.38. The first kappa shape index (κ1) is 31.8. The first-order valence-electron chi connectivity index (χ1n) is 11.8. The molecule has 36 heavy (non-hydrogen) atoms. The Morgan fingerprint density at radius 2 is 1.61 bits per heavy atom. The molecule has 0 spiro atoms. The second-order valence-corrected chi connectivity index (χ2v) is 10.3. The van der Waals surface area contributed by atoms with E-state index in [2.05, 4.69) is 24.1 Å². The number of hydrogen-bond donors (Lipinski definition) is 2. The highest BCUT2D eigenvalue weighted by Gasteiger charge is 2.38. The van der Waals surface area contributed by atoms with Gasteiger partial charge in [0.2, 0.25) is 15.9 Å². The summed E-state index contributed by atoms with van der Waals surface area (Å²) in [6, 6.07) is 5.49. The van der Waals surface area contributed by atoms with Crippen LogP contribution in [0.25, 0.3) is 0 Å². The Kier molecular flexibility index (Phi) is 12.8. The van der Waals surface area contributed by atoms with Crippen molar-refractivity contribution in [2.24, 2.45) is 0 Å². The van der Waals surface area contributed by atoms with Crippen molar-refractivity contribution in [1.82, 2.24) is 19.4 Å². The normalized spacial score (nSPS) is 14.5. The number of aryl methyl sites for hydroxylation is 2. The van der Waals surface area contributed by atoms with E-state index in [0.29, 0.717) is 31.1 Å². The van der Waals surface area contributed by atoms with Gasteiger partial charge in [-0.1, -0.05) is 26.0 Å². The molecule has 206 valence electrons. The molecule has 1 aliphatic rings. The highest BCUT2D eigenvalue weighted by atomic mass is 32.2. The molecule has 1 aromatic carbocycles. The minimum Gasteiger partial charge on any atom is -0.475 e. The van der Waals surface area contributed by atoms with Gasteiger partial charge in [0.05, 0.1) is 4.90 Å². The monoisotopic (exact) mass is 538 g/mol. The minimum absolute atomic E-state index is 0.0236. The summed E-state index contributed by atoms with van der Waals surface area (Å²) in [6.07, 6.45) is -4.87. The number of aliphatic carboxylic acids is 1. The molecule has 1 heterocycles. The van der Waals surface area contributed by atoms with Crippen molar-refractivity contribution < 1.29 is 36.3 Å². The van der Waals surface area contributed by atoms with Crippen LogP contribution < -0.4 is 5.32 Å². The lowest BCUT2D eigenvalue weighted by Crippen LogP contribution is -2.47. The fourth-order valence-electron chi connectivity index (χ4n) is 3.56. The number of likely N-dealkylation sites (N-methyl/N-ethyl adjacent to an activating group) is 1. The largest absolute Gasteiger partial charge is 0.490 e. The Morgan fingerprint density at radius 1 is 1.06 bits per heavy atom. The summed E-state index contributed by atoms with van der Waals surface area (Å²) >= 11 is 0. The quantitative estimate of drug-likeness (QED) is 0.470. The van der Waals surface area contributed by atoms with Gasteiger partial charge in [-0.3, -0.25) is 4.79 Å². The van der Waals surface area contributed by atoms with Crippen LogP contribution in [0.3, 0.4) is 0 Å². The lowest BCUT2D eigenvalue weighted by Gasteiger charge is -2.30. The van der Waals surface area contributed by atoms with Crippen LogP contribution in [0.15, 0.2) is 23.1 Å². The van der Waals surface area contributed by atoms with E-state index in [4.69, 9.17) is 9.90 Å². The van der Waals surface area contributed by atoms with Gasteiger partial charge in [0.25, 0.3) is 0 Å². The number of sulfonamides is 1. The molecule has 0 aliphatic carbocycles. The molecule has 0 atom stereocenters. The van der Waals surface area contributed by atoms with E-state index < -0.39 is 22.2 Å². The van der Waals surface area contributed by atoms with Crippen molar-refractivity contribution in [3.8, 4) is 0 Å². The summed E-state index contributed by atoms with van der Waals surface area (Å²) < 4.78 is 60.1. The number of carboxylic acids is 1.